The summed E-state index contributed by atoms with van der Waals surface area (Å²) in [6.45, 7) is 6.00. The van der Waals surface area contributed by atoms with E-state index in [0.717, 1.165) is 31.7 Å². The first kappa shape index (κ1) is 15.6. The molecule has 0 aliphatic carbocycles. The van der Waals surface area contributed by atoms with Crippen molar-refractivity contribution in [3.63, 3.8) is 0 Å². The van der Waals surface area contributed by atoms with E-state index in [1.165, 1.54) is 6.07 Å². The van der Waals surface area contributed by atoms with Gasteiger partial charge >= 0.3 is 0 Å². The number of rotatable bonds is 7. The second kappa shape index (κ2) is 7.26. The Morgan fingerprint density at radius 1 is 1.43 bits per heavy atom. The second-order valence-corrected chi connectivity index (χ2v) is 5.15. The molecule has 0 saturated carbocycles. The molecule has 6 nitrogen and oxygen atoms in total. The van der Waals surface area contributed by atoms with E-state index in [1.54, 1.807) is 12.1 Å². The first-order valence-corrected chi connectivity index (χ1v) is 7.41. The number of nitrogens with zero attached hydrogens (tertiary/aromatic N) is 1. The van der Waals surface area contributed by atoms with Gasteiger partial charge in [0.05, 0.1) is 23.7 Å². The van der Waals surface area contributed by atoms with Crippen LogP contribution in [0.15, 0.2) is 18.2 Å². The van der Waals surface area contributed by atoms with E-state index < -0.39 is 4.92 Å². The fourth-order valence-corrected chi connectivity index (χ4v) is 2.67. The lowest BCUT2D eigenvalue weighted by Gasteiger charge is -2.18. The van der Waals surface area contributed by atoms with Gasteiger partial charge in [-0.25, -0.2) is 0 Å². The highest BCUT2D eigenvalue weighted by molar-refractivity contribution is 5.56. The van der Waals surface area contributed by atoms with Crippen LogP contribution in [0.2, 0.25) is 0 Å². The maximum atomic E-state index is 11.0. The van der Waals surface area contributed by atoms with Crippen LogP contribution in [-0.2, 0) is 4.74 Å². The Morgan fingerprint density at radius 3 is 2.90 bits per heavy atom. The Balaban J connectivity index is 2.06. The molecular weight excluding hydrogens is 272 g/mol. The Labute approximate surface area is 124 Å². The molecule has 2 rings (SSSR count). The van der Waals surface area contributed by atoms with Gasteiger partial charge in [-0.2, -0.15) is 0 Å². The van der Waals surface area contributed by atoms with Gasteiger partial charge < -0.3 is 14.8 Å². The smallest absolute Gasteiger partial charge is 0.275 e. The van der Waals surface area contributed by atoms with Gasteiger partial charge in [-0.05, 0) is 19.8 Å². The number of hydrogen-bond acceptors (Lipinski definition) is 5. The molecule has 0 radical (unpaired) electrons. The third kappa shape index (κ3) is 4.07. The molecule has 116 valence electrons. The van der Waals surface area contributed by atoms with E-state index >= 15 is 0 Å². The van der Waals surface area contributed by atoms with Crippen LogP contribution in [0, 0.1) is 16.0 Å². The van der Waals surface area contributed by atoms with Crippen molar-refractivity contribution in [1.82, 2.24) is 0 Å². The van der Waals surface area contributed by atoms with Crippen molar-refractivity contribution < 1.29 is 14.4 Å². The van der Waals surface area contributed by atoms with Crippen molar-refractivity contribution >= 4 is 11.4 Å². The van der Waals surface area contributed by atoms with E-state index in [2.05, 4.69) is 12.2 Å². The Hall–Kier alpha value is -1.82. The molecular formula is C15H22N2O4. The summed E-state index contributed by atoms with van der Waals surface area (Å²) in [5.41, 5.74) is 0.757. The first-order chi connectivity index (χ1) is 10.1. The van der Waals surface area contributed by atoms with Gasteiger partial charge in [0.25, 0.3) is 5.69 Å². The van der Waals surface area contributed by atoms with E-state index in [1.807, 2.05) is 6.92 Å². The summed E-state index contributed by atoms with van der Waals surface area (Å²) in [7, 11) is 0. The fourth-order valence-electron chi connectivity index (χ4n) is 2.67. The predicted molar refractivity (Wildman–Crippen MR) is 80.9 cm³/mol. The molecule has 2 atom stereocenters. The van der Waals surface area contributed by atoms with E-state index in [0.29, 0.717) is 18.3 Å². The number of benzene rings is 1. The van der Waals surface area contributed by atoms with E-state index in [-0.39, 0.29) is 11.8 Å². The Morgan fingerprint density at radius 2 is 2.24 bits per heavy atom. The van der Waals surface area contributed by atoms with Crippen LogP contribution < -0.4 is 10.1 Å². The Kier molecular flexibility index (Phi) is 5.38. The predicted octanol–water partition coefficient (Wildman–Crippen LogP) is 3.22. The molecule has 1 fully saturated rings. The molecule has 0 aromatic heterocycles. The molecule has 0 amide bonds. The molecule has 6 heteroatoms. The number of non-ortho nitro benzene ring substituents is 1. The van der Waals surface area contributed by atoms with Gasteiger partial charge in [0, 0.05) is 36.9 Å². The van der Waals surface area contributed by atoms with Gasteiger partial charge in [-0.1, -0.05) is 6.92 Å². The molecule has 1 heterocycles. The van der Waals surface area contributed by atoms with Crippen LogP contribution in [0.4, 0.5) is 11.4 Å². The number of hydrogen-bond donors (Lipinski definition) is 1. The molecule has 1 aliphatic rings. The number of anilines is 1. The van der Waals surface area contributed by atoms with Crippen molar-refractivity contribution in [2.45, 2.75) is 32.8 Å². The van der Waals surface area contributed by atoms with Gasteiger partial charge in [0.15, 0.2) is 0 Å². The van der Waals surface area contributed by atoms with Gasteiger partial charge in [0.2, 0.25) is 0 Å². The number of nitrogens with one attached hydrogen (secondary N) is 1. The van der Waals surface area contributed by atoms with Crippen molar-refractivity contribution in [1.29, 1.82) is 0 Å². The zero-order valence-electron chi connectivity index (χ0n) is 12.5. The zero-order valence-corrected chi connectivity index (χ0v) is 12.5. The van der Waals surface area contributed by atoms with E-state index in [9.17, 15) is 10.1 Å². The topological polar surface area (TPSA) is 73.6 Å². The first-order valence-electron chi connectivity index (χ1n) is 7.41. The zero-order chi connectivity index (χ0) is 15.2. The Bertz CT molecular complexity index is 493. The maximum absolute atomic E-state index is 11.0. The molecule has 1 aliphatic heterocycles. The lowest BCUT2D eigenvalue weighted by molar-refractivity contribution is -0.384. The lowest BCUT2D eigenvalue weighted by atomic mass is 9.99. The highest BCUT2D eigenvalue weighted by Gasteiger charge is 2.26. The highest BCUT2D eigenvalue weighted by Crippen LogP contribution is 2.28. The van der Waals surface area contributed by atoms with Crippen molar-refractivity contribution in [3.8, 4) is 5.75 Å². The largest absolute Gasteiger partial charge is 0.494 e. The van der Waals surface area contributed by atoms with Crippen LogP contribution in [0.25, 0.3) is 0 Å². The third-order valence-corrected chi connectivity index (χ3v) is 3.73. The number of nitro benzene ring substituents is 1. The van der Waals surface area contributed by atoms with Crippen LogP contribution >= 0.6 is 0 Å². The molecule has 21 heavy (non-hydrogen) atoms. The van der Waals surface area contributed by atoms with Crippen LogP contribution in [-0.4, -0.2) is 30.8 Å². The molecule has 1 aromatic carbocycles. The lowest BCUT2D eigenvalue weighted by Crippen LogP contribution is -2.22. The van der Waals surface area contributed by atoms with Crippen LogP contribution in [0.3, 0.4) is 0 Å². The third-order valence-electron chi connectivity index (χ3n) is 3.73. The SMILES string of the molecule is CCOc1cc(NCC2CCOC2CC)cc([N+](=O)[O-])c1. The molecule has 1 N–H and O–H groups in total. The van der Waals surface area contributed by atoms with E-state index in [4.69, 9.17) is 9.47 Å². The second-order valence-electron chi connectivity index (χ2n) is 5.15. The molecule has 2 unspecified atom stereocenters. The minimum Gasteiger partial charge on any atom is -0.494 e. The normalized spacial score (nSPS) is 21.2. The average Bonchev–Trinajstić information content (AvgIpc) is 2.92. The number of ether oxygens (including phenoxy) is 2. The molecule has 1 saturated heterocycles. The fraction of sp³-hybridized carbons (Fsp3) is 0.600. The summed E-state index contributed by atoms with van der Waals surface area (Å²) in [5, 5.41) is 14.3. The van der Waals surface area contributed by atoms with Crippen LogP contribution in [0.1, 0.15) is 26.7 Å². The summed E-state index contributed by atoms with van der Waals surface area (Å²) in [5.74, 6) is 0.966. The quantitative estimate of drug-likeness (QED) is 0.617. The average molecular weight is 294 g/mol. The van der Waals surface area contributed by atoms with Gasteiger partial charge in [-0.3, -0.25) is 10.1 Å². The molecule has 0 spiro atoms. The van der Waals surface area contributed by atoms with Crippen LogP contribution in [0.5, 0.6) is 5.75 Å². The summed E-state index contributed by atoms with van der Waals surface area (Å²) in [4.78, 5) is 10.6. The summed E-state index contributed by atoms with van der Waals surface area (Å²) in [6.07, 6.45) is 2.30. The summed E-state index contributed by atoms with van der Waals surface area (Å²) in [6, 6.07) is 4.79. The monoisotopic (exact) mass is 294 g/mol. The molecule has 1 aromatic rings. The molecule has 0 bridgehead atoms. The standard InChI is InChI=1S/C15H22N2O4/c1-3-15-11(5-6-21-15)10-16-12-7-13(17(18)19)9-14(8-12)20-4-2/h7-9,11,15-16H,3-6,10H2,1-2H3. The van der Waals surface area contributed by atoms with Crippen molar-refractivity contribution in [2.24, 2.45) is 5.92 Å². The van der Waals surface area contributed by atoms with Gasteiger partial charge in [-0.15, -0.1) is 0 Å². The maximum Gasteiger partial charge on any atom is 0.275 e. The summed E-state index contributed by atoms with van der Waals surface area (Å²) >= 11 is 0. The van der Waals surface area contributed by atoms with Crippen molar-refractivity contribution in [2.75, 3.05) is 25.1 Å². The minimum absolute atomic E-state index is 0.0400. The summed E-state index contributed by atoms with van der Waals surface area (Å²) < 4.78 is 11.0. The highest BCUT2D eigenvalue weighted by atomic mass is 16.6. The minimum atomic E-state index is -0.402. The number of nitro groups is 1. The van der Waals surface area contributed by atoms with Crippen molar-refractivity contribution in [3.05, 3.63) is 28.3 Å². The van der Waals surface area contributed by atoms with Gasteiger partial charge in [0.1, 0.15) is 5.75 Å².